The molecule has 0 aliphatic carbocycles. The molecule has 19 heavy (non-hydrogen) atoms. The van der Waals surface area contributed by atoms with E-state index >= 15 is 0 Å². The summed E-state index contributed by atoms with van der Waals surface area (Å²) in [5, 5.41) is 3.92. The number of pyridine rings is 1. The molecule has 0 radical (unpaired) electrons. The average Bonchev–Trinajstić information content (AvgIpc) is 2.90. The topological polar surface area (TPSA) is 77.8 Å². The van der Waals surface area contributed by atoms with Crippen LogP contribution in [0.4, 0.5) is 5.69 Å². The molecular formula is C13H9BrN4O. The first-order valence-electron chi connectivity index (χ1n) is 5.54. The SMILES string of the molecule is Nc1ccc(-c2nc(-c3ccc(Br)cn3)no2)cc1. The Labute approximate surface area is 117 Å². The van der Waals surface area contributed by atoms with Crippen LogP contribution in [-0.2, 0) is 0 Å². The zero-order chi connectivity index (χ0) is 13.2. The lowest BCUT2D eigenvalue weighted by Gasteiger charge is -1.94. The number of halogens is 1. The number of anilines is 1. The number of nitrogen functional groups attached to an aromatic ring is 1. The molecule has 2 aromatic heterocycles. The van der Waals surface area contributed by atoms with Crippen LogP contribution >= 0.6 is 15.9 Å². The van der Waals surface area contributed by atoms with Crippen LogP contribution in [0, 0.1) is 0 Å². The molecule has 0 fully saturated rings. The molecule has 3 aromatic rings. The van der Waals surface area contributed by atoms with Crippen LogP contribution in [0.1, 0.15) is 0 Å². The molecule has 0 aliphatic heterocycles. The largest absolute Gasteiger partial charge is 0.399 e. The van der Waals surface area contributed by atoms with E-state index in [9.17, 15) is 0 Å². The number of hydrogen-bond donors (Lipinski definition) is 1. The normalized spacial score (nSPS) is 10.6. The van der Waals surface area contributed by atoms with Crippen molar-refractivity contribution in [2.45, 2.75) is 0 Å². The quantitative estimate of drug-likeness (QED) is 0.735. The van der Waals surface area contributed by atoms with Crippen molar-refractivity contribution in [1.82, 2.24) is 15.1 Å². The van der Waals surface area contributed by atoms with Gasteiger partial charge in [0.25, 0.3) is 5.89 Å². The van der Waals surface area contributed by atoms with Gasteiger partial charge in [-0.05, 0) is 52.3 Å². The number of aromatic nitrogens is 3. The molecule has 0 unspecified atom stereocenters. The van der Waals surface area contributed by atoms with E-state index in [1.807, 2.05) is 24.3 Å². The Bertz CT molecular complexity index is 631. The Morgan fingerprint density at radius 1 is 1.05 bits per heavy atom. The van der Waals surface area contributed by atoms with Gasteiger partial charge in [-0.3, -0.25) is 4.98 Å². The Morgan fingerprint density at radius 3 is 2.53 bits per heavy atom. The minimum atomic E-state index is 0.444. The van der Waals surface area contributed by atoms with Gasteiger partial charge in [0.1, 0.15) is 5.69 Å². The van der Waals surface area contributed by atoms with Gasteiger partial charge in [-0.25, -0.2) is 0 Å². The predicted octanol–water partition coefficient (Wildman–Crippen LogP) is 3.14. The van der Waals surface area contributed by atoms with Crippen molar-refractivity contribution in [3.05, 3.63) is 47.1 Å². The lowest BCUT2D eigenvalue weighted by molar-refractivity contribution is 0.432. The first-order chi connectivity index (χ1) is 9.22. The summed E-state index contributed by atoms with van der Waals surface area (Å²) in [5.74, 6) is 0.902. The summed E-state index contributed by atoms with van der Waals surface area (Å²) >= 11 is 3.33. The fourth-order valence-corrected chi connectivity index (χ4v) is 1.81. The van der Waals surface area contributed by atoms with Crippen molar-refractivity contribution in [1.29, 1.82) is 0 Å². The molecule has 0 bridgehead atoms. The second-order valence-corrected chi connectivity index (χ2v) is 4.82. The van der Waals surface area contributed by atoms with Crippen molar-refractivity contribution in [2.75, 3.05) is 5.73 Å². The van der Waals surface area contributed by atoms with E-state index in [4.69, 9.17) is 10.3 Å². The Kier molecular flexibility index (Phi) is 3.00. The summed E-state index contributed by atoms with van der Waals surface area (Å²) in [6, 6.07) is 10.9. The van der Waals surface area contributed by atoms with Crippen LogP contribution in [0.2, 0.25) is 0 Å². The van der Waals surface area contributed by atoms with Crippen LogP contribution in [0.25, 0.3) is 23.0 Å². The lowest BCUT2D eigenvalue weighted by atomic mass is 10.2. The number of hydrogen-bond acceptors (Lipinski definition) is 5. The van der Waals surface area contributed by atoms with E-state index in [0.29, 0.717) is 23.1 Å². The summed E-state index contributed by atoms with van der Waals surface area (Å²) in [5.41, 5.74) is 7.81. The van der Waals surface area contributed by atoms with Crippen LogP contribution in [0.3, 0.4) is 0 Å². The van der Waals surface area contributed by atoms with E-state index in [-0.39, 0.29) is 0 Å². The van der Waals surface area contributed by atoms with Gasteiger partial charge in [0.15, 0.2) is 0 Å². The zero-order valence-electron chi connectivity index (χ0n) is 9.75. The predicted molar refractivity (Wildman–Crippen MR) is 75.1 cm³/mol. The molecule has 94 valence electrons. The van der Waals surface area contributed by atoms with E-state index in [0.717, 1.165) is 10.0 Å². The summed E-state index contributed by atoms with van der Waals surface area (Å²) in [6.45, 7) is 0. The molecule has 0 saturated carbocycles. The molecule has 5 nitrogen and oxygen atoms in total. The highest BCUT2D eigenvalue weighted by Crippen LogP contribution is 2.22. The smallest absolute Gasteiger partial charge is 0.258 e. The highest BCUT2D eigenvalue weighted by molar-refractivity contribution is 9.10. The summed E-state index contributed by atoms with van der Waals surface area (Å²) in [4.78, 5) is 8.53. The molecule has 0 spiro atoms. The fourth-order valence-electron chi connectivity index (χ4n) is 1.58. The molecule has 0 aliphatic rings. The number of benzene rings is 1. The third-order valence-corrected chi connectivity index (χ3v) is 3.01. The summed E-state index contributed by atoms with van der Waals surface area (Å²) < 4.78 is 6.12. The average molecular weight is 317 g/mol. The third kappa shape index (κ3) is 2.48. The maximum Gasteiger partial charge on any atom is 0.258 e. The van der Waals surface area contributed by atoms with Gasteiger partial charge in [0.2, 0.25) is 5.82 Å². The van der Waals surface area contributed by atoms with Gasteiger partial charge in [-0.1, -0.05) is 5.16 Å². The van der Waals surface area contributed by atoms with Crippen molar-refractivity contribution in [3.63, 3.8) is 0 Å². The van der Waals surface area contributed by atoms with Gasteiger partial charge in [0, 0.05) is 21.9 Å². The van der Waals surface area contributed by atoms with Crippen LogP contribution in [-0.4, -0.2) is 15.1 Å². The van der Waals surface area contributed by atoms with Crippen LogP contribution in [0.5, 0.6) is 0 Å². The van der Waals surface area contributed by atoms with Crippen molar-refractivity contribution in [2.24, 2.45) is 0 Å². The fraction of sp³-hybridized carbons (Fsp3) is 0. The molecule has 2 heterocycles. The standard InChI is InChI=1S/C13H9BrN4O/c14-9-3-6-11(16-7-9)12-17-13(19-18-12)8-1-4-10(15)5-2-8/h1-7H,15H2. The third-order valence-electron chi connectivity index (χ3n) is 2.54. The molecule has 6 heteroatoms. The first-order valence-corrected chi connectivity index (χ1v) is 6.33. The molecule has 1 aromatic carbocycles. The van der Waals surface area contributed by atoms with Gasteiger partial charge in [-0.2, -0.15) is 4.98 Å². The van der Waals surface area contributed by atoms with Crippen molar-refractivity contribution >= 4 is 21.6 Å². The van der Waals surface area contributed by atoms with E-state index in [1.54, 1.807) is 18.3 Å². The highest BCUT2D eigenvalue weighted by atomic mass is 79.9. The Hall–Kier alpha value is -2.21. The van der Waals surface area contributed by atoms with Gasteiger partial charge < -0.3 is 10.3 Å². The Balaban J connectivity index is 1.95. The maximum absolute atomic E-state index is 5.63. The number of nitrogens with two attached hydrogens (primary N) is 1. The van der Waals surface area contributed by atoms with Gasteiger partial charge >= 0.3 is 0 Å². The first kappa shape index (κ1) is 11.9. The second-order valence-electron chi connectivity index (χ2n) is 3.91. The zero-order valence-corrected chi connectivity index (χ0v) is 11.3. The Morgan fingerprint density at radius 2 is 1.84 bits per heavy atom. The summed E-state index contributed by atoms with van der Waals surface area (Å²) in [6.07, 6.45) is 1.69. The highest BCUT2D eigenvalue weighted by Gasteiger charge is 2.11. The number of rotatable bonds is 2. The van der Waals surface area contributed by atoms with E-state index in [1.165, 1.54) is 0 Å². The van der Waals surface area contributed by atoms with Crippen molar-refractivity contribution in [3.8, 4) is 23.0 Å². The van der Waals surface area contributed by atoms with Gasteiger partial charge in [-0.15, -0.1) is 0 Å². The molecule has 2 N–H and O–H groups in total. The van der Waals surface area contributed by atoms with Crippen molar-refractivity contribution < 1.29 is 4.52 Å². The minimum absolute atomic E-state index is 0.444. The van der Waals surface area contributed by atoms with E-state index in [2.05, 4.69) is 31.1 Å². The van der Waals surface area contributed by atoms with E-state index < -0.39 is 0 Å². The molecule has 3 rings (SSSR count). The number of nitrogens with zero attached hydrogens (tertiary/aromatic N) is 3. The summed E-state index contributed by atoms with van der Waals surface area (Å²) in [7, 11) is 0. The van der Waals surface area contributed by atoms with Crippen LogP contribution in [0.15, 0.2) is 51.6 Å². The molecule has 0 amide bonds. The van der Waals surface area contributed by atoms with Crippen LogP contribution < -0.4 is 5.73 Å². The van der Waals surface area contributed by atoms with Gasteiger partial charge in [0.05, 0.1) is 0 Å². The maximum atomic E-state index is 5.63. The molecule has 0 saturated heterocycles. The minimum Gasteiger partial charge on any atom is -0.399 e. The molecular weight excluding hydrogens is 308 g/mol. The monoisotopic (exact) mass is 316 g/mol. The molecule has 0 atom stereocenters. The lowest BCUT2D eigenvalue weighted by Crippen LogP contribution is -1.86. The second kappa shape index (κ2) is 4.81.